The van der Waals surface area contributed by atoms with Gasteiger partial charge in [-0.1, -0.05) is 23.8 Å². The van der Waals surface area contributed by atoms with Crippen LogP contribution in [0.25, 0.3) is 0 Å². The van der Waals surface area contributed by atoms with Crippen molar-refractivity contribution in [2.24, 2.45) is 0 Å². The SMILES string of the molecule is Cc1ccc(S(=O)(=O)Nc2ccc(NS(=O)(=O)c3cccs3)cc2)cc1. The second-order valence-electron chi connectivity index (χ2n) is 5.53. The van der Waals surface area contributed by atoms with Crippen LogP contribution >= 0.6 is 11.3 Å². The van der Waals surface area contributed by atoms with Crippen molar-refractivity contribution < 1.29 is 16.8 Å². The Morgan fingerprint density at radius 1 is 0.731 bits per heavy atom. The van der Waals surface area contributed by atoms with E-state index in [1.807, 2.05) is 6.92 Å². The number of rotatable bonds is 6. The van der Waals surface area contributed by atoms with E-state index >= 15 is 0 Å². The summed E-state index contributed by atoms with van der Waals surface area (Å²) in [5.41, 5.74) is 1.65. The van der Waals surface area contributed by atoms with E-state index in [-0.39, 0.29) is 9.10 Å². The molecule has 0 saturated heterocycles. The number of benzene rings is 2. The van der Waals surface area contributed by atoms with E-state index < -0.39 is 20.0 Å². The number of hydrogen-bond donors (Lipinski definition) is 2. The summed E-state index contributed by atoms with van der Waals surface area (Å²) in [5.74, 6) is 0. The standard InChI is InChI=1S/C17H16N2O4S3/c1-13-4-10-16(11-5-13)25(20,21)18-14-6-8-15(9-7-14)19-26(22,23)17-3-2-12-24-17/h2-12,18-19H,1H3. The average molecular weight is 409 g/mol. The highest BCUT2D eigenvalue weighted by atomic mass is 32.2. The summed E-state index contributed by atoms with van der Waals surface area (Å²) in [4.78, 5) is 0.158. The van der Waals surface area contributed by atoms with E-state index in [2.05, 4.69) is 9.44 Å². The van der Waals surface area contributed by atoms with Gasteiger partial charge >= 0.3 is 0 Å². The molecule has 3 rings (SSSR count). The summed E-state index contributed by atoms with van der Waals surface area (Å²) in [7, 11) is -7.34. The molecule has 0 aliphatic rings. The molecule has 2 aromatic carbocycles. The number of nitrogens with one attached hydrogen (secondary N) is 2. The van der Waals surface area contributed by atoms with Crippen molar-refractivity contribution in [3.8, 4) is 0 Å². The first-order valence-electron chi connectivity index (χ1n) is 7.52. The fourth-order valence-corrected chi connectivity index (χ4v) is 5.27. The first-order valence-corrected chi connectivity index (χ1v) is 11.4. The van der Waals surface area contributed by atoms with E-state index in [4.69, 9.17) is 0 Å². The van der Waals surface area contributed by atoms with Crippen molar-refractivity contribution >= 4 is 42.8 Å². The van der Waals surface area contributed by atoms with Gasteiger partial charge in [-0.15, -0.1) is 11.3 Å². The maximum atomic E-state index is 12.4. The zero-order valence-corrected chi connectivity index (χ0v) is 16.2. The van der Waals surface area contributed by atoms with Crippen LogP contribution in [0.1, 0.15) is 5.56 Å². The lowest BCUT2D eigenvalue weighted by molar-refractivity contribution is 0.600. The molecule has 26 heavy (non-hydrogen) atoms. The third kappa shape index (κ3) is 4.24. The lowest BCUT2D eigenvalue weighted by atomic mass is 10.2. The molecule has 0 unspecified atom stereocenters. The van der Waals surface area contributed by atoms with E-state index in [1.165, 1.54) is 42.5 Å². The molecule has 0 spiro atoms. The number of anilines is 2. The van der Waals surface area contributed by atoms with Crippen LogP contribution in [0.3, 0.4) is 0 Å². The summed E-state index contributed by atoms with van der Waals surface area (Å²) in [6, 6.07) is 15.7. The van der Waals surface area contributed by atoms with Gasteiger partial charge in [0.05, 0.1) is 4.90 Å². The predicted octanol–water partition coefficient (Wildman–Crippen LogP) is 3.66. The second kappa shape index (κ2) is 7.10. The molecule has 0 radical (unpaired) electrons. The molecule has 1 heterocycles. The van der Waals surface area contributed by atoms with Gasteiger partial charge in [-0.2, -0.15) is 0 Å². The van der Waals surface area contributed by atoms with E-state index in [0.717, 1.165) is 16.9 Å². The van der Waals surface area contributed by atoms with Crippen LogP contribution in [0, 0.1) is 6.92 Å². The van der Waals surface area contributed by atoms with Crippen LogP contribution in [0.15, 0.2) is 75.1 Å². The zero-order valence-electron chi connectivity index (χ0n) is 13.7. The molecule has 6 nitrogen and oxygen atoms in total. The molecule has 1 aromatic heterocycles. The van der Waals surface area contributed by atoms with Crippen molar-refractivity contribution in [2.75, 3.05) is 9.44 Å². The number of thiophene rings is 1. The highest BCUT2D eigenvalue weighted by Crippen LogP contribution is 2.22. The first-order chi connectivity index (χ1) is 12.3. The molecule has 0 atom stereocenters. The molecular formula is C17H16N2O4S3. The number of sulfonamides is 2. The molecule has 0 amide bonds. The van der Waals surface area contributed by atoms with Crippen molar-refractivity contribution in [3.05, 3.63) is 71.6 Å². The van der Waals surface area contributed by atoms with E-state index in [1.54, 1.807) is 23.6 Å². The summed E-state index contributed by atoms with van der Waals surface area (Å²) in [5, 5.41) is 1.68. The van der Waals surface area contributed by atoms with Crippen LogP contribution in [0.2, 0.25) is 0 Å². The van der Waals surface area contributed by atoms with Gasteiger partial charge in [-0.25, -0.2) is 16.8 Å². The van der Waals surface area contributed by atoms with Gasteiger partial charge in [0.25, 0.3) is 20.0 Å². The Hall–Kier alpha value is -2.36. The fourth-order valence-electron chi connectivity index (χ4n) is 2.16. The highest BCUT2D eigenvalue weighted by molar-refractivity contribution is 7.94. The first kappa shape index (κ1) is 18.4. The number of hydrogen-bond acceptors (Lipinski definition) is 5. The Labute approximate surface area is 156 Å². The molecular weight excluding hydrogens is 392 g/mol. The molecule has 0 aliphatic carbocycles. The molecule has 9 heteroatoms. The van der Waals surface area contributed by atoms with Gasteiger partial charge in [0.1, 0.15) is 4.21 Å². The highest BCUT2D eigenvalue weighted by Gasteiger charge is 2.16. The topological polar surface area (TPSA) is 92.3 Å². The van der Waals surface area contributed by atoms with Gasteiger partial charge in [0.2, 0.25) is 0 Å². The Morgan fingerprint density at radius 3 is 1.77 bits per heavy atom. The third-order valence-electron chi connectivity index (χ3n) is 3.48. The molecule has 2 N–H and O–H groups in total. The van der Waals surface area contributed by atoms with Gasteiger partial charge in [0.15, 0.2) is 0 Å². The quantitative estimate of drug-likeness (QED) is 0.651. The molecule has 3 aromatic rings. The minimum Gasteiger partial charge on any atom is -0.280 e. The van der Waals surface area contributed by atoms with Crippen LogP contribution < -0.4 is 9.44 Å². The second-order valence-corrected chi connectivity index (χ2v) is 10.1. The van der Waals surface area contributed by atoms with Crippen LogP contribution in [-0.2, 0) is 20.0 Å². The van der Waals surface area contributed by atoms with E-state index in [9.17, 15) is 16.8 Å². The molecule has 0 bridgehead atoms. The lowest BCUT2D eigenvalue weighted by Gasteiger charge is -2.10. The Morgan fingerprint density at radius 2 is 1.27 bits per heavy atom. The van der Waals surface area contributed by atoms with Gasteiger partial charge in [-0.05, 0) is 54.8 Å². The Bertz CT molecular complexity index is 1090. The monoisotopic (exact) mass is 408 g/mol. The molecule has 0 aliphatic heterocycles. The normalized spacial score (nSPS) is 11.9. The molecule has 136 valence electrons. The van der Waals surface area contributed by atoms with E-state index in [0.29, 0.717) is 11.4 Å². The summed E-state index contributed by atoms with van der Waals surface area (Å²) >= 11 is 1.12. The smallest absolute Gasteiger partial charge is 0.271 e. The van der Waals surface area contributed by atoms with Gasteiger partial charge in [-0.3, -0.25) is 9.44 Å². The fraction of sp³-hybridized carbons (Fsp3) is 0.0588. The third-order valence-corrected chi connectivity index (χ3v) is 7.66. The average Bonchev–Trinajstić information content (AvgIpc) is 3.12. The summed E-state index contributed by atoms with van der Waals surface area (Å²) in [6.07, 6.45) is 0. The van der Waals surface area contributed by atoms with Crippen molar-refractivity contribution in [3.63, 3.8) is 0 Å². The van der Waals surface area contributed by atoms with Crippen molar-refractivity contribution in [1.82, 2.24) is 0 Å². The maximum Gasteiger partial charge on any atom is 0.271 e. The lowest BCUT2D eigenvalue weighted by Crippen LogP contribution is -2.13. The Kier molecular flexibility index (Phi) is 5.03. The zero-order chi connectivity index (χ0) is 18.8. The van der Waals surface area contributed by atoms with Crippen LogP contribution in [0.5, 0.6) is 0 Å². The van der Waals surface area contributed by atoms with Crippen LogP contribution in [0.4, 0.5) is 11.4 Å². The van der Waals surface area contributed by atoms with Crippen LogP contribution in [-0.4, -0.2) is 16.8 Å². The van der Waals surface area contributed by atoms with Crippen molar-refractivity contribution in [2.45, 2.75) is 16.0 Å². The molecule has 0 fully saturated rings. The van der Waals surface area contributed by atoms with Gasteiger partial charge < -0.3 is 0 Å². The predicted molar refractivity (Wildman–Crippen MR) is 104 cm³/mol. The largest absolute Gasteiger partial charge is 0.280 e. The summed E-state index contributed by atoms with van der Waals surface area (Å²) in [6.45, 7) is 1.87. The summed E-state index contributed by atoms with van der Waals surface area (Å²) < 4.78 is 54.2. The maximum absolute atomic E-state index is 12.4. The van der Waals surface area contributed by atoms with Gasteiger partial charge in [0, 0.05) is 11.4 Å². The minimum absolute atomic E-state index is 0.158. The van der Waals surface area contributed by atoms with Crippen molar-refractivity contribution in [1.29, 1.82) is 0 Å². The molecule has 0 saturated carbocycles. The minimum atomic E-state index is -3.70. The number of aryl methyl sites for hydroxylation is 1. The Balaban J connectivity index is 1.75.